The van der Waals surface area contributed by atoms with Gasteiger partial charge in [-0.1, -0.05) is 32.4 Å². The fourth-order valence-electron chi connectivity index (χ4n) is 1.22. The van der Waals surface area contributed by atoms with E-state index < -0.39 is 5.97 Å². The number of carbonyl (C=O) groups excluding carboxylic acids is 1. The number of anilines is 1. The Hall–Kier alpha value is -1.20. The van der Waals surface area contributed by atoms with Crippen molar-refractivity contribution < 1.29 is 14.7 Å². The van der Waals surface area contributed by atoms with Gasteiger partial charge in [-0.05, 0) is 18.2 Å². The van der Waals surface area contributed by atoms with Gasteiger partial charge in [-0.2, -0.15) is 0 Å². The monoisotopic (exact) mass is 301 g/mol. The highest BCUT2D eigenvalue weighted by atomic mass is 35.5. The van der Waals surface area contributed by atoms with Crippen molar-refractivity contribution in [2.24, 2.45) is 0 Å². The number of hydrogen-bond donors (Lipinski definition) is 2. The Morgan fingerprint density at radius 1 is 1.37 bits per heavy atom. The van der Waals surface area contributed by atoms with Crippen LogP contribution in [0.1, 0.15) is 31.1 Å². The van der Waals surface area contributed by atoms with E-state index in [9.17, 15) is 9.59 Å². The van der Waals surface area contributed by atoms with Crippen LogP contribution in [-0.4, -0.2) is 27.5 Å². The van der Waals surface area contributed by atoms with E-state index in [1.165, 1.54) is 30.0 Å². The molecule has 0 heterocycles. The minimum absolute atomic E-state index is 0.00823. The van der Waals surface area contributed by atoms with Gasteiger partial charge in [-0.15, -0.1) is 11.8 Å². The number of benzene rings is 1. The number of thioether (sulfide) groups is 1. The number of carboxylic acid groups (broad SMARTS) is 1. The average molecular weight is 302 g/mol. The smallest absolute Gasteiger partial charge is 0.335 e. The largest absolute Gasteiger partial charge is 0.478 e. The zero-order valence-corrected chi connectivity index (χ0v) is 12.6. The maximum atomic E-state index is 11.7. The topological polar surface area (TPSA) is 66.4 Å². The maximum absolute atomic E-state index is 11.7. The molecule has 104 valence electrons. The normalized spacial score (nSPS) is 11.2. The highest BCUT2D eigenvalue weighted by Crippen LogP contribution is 2.25. The van der Waals surface area contributed by atoms with Gasteiger partial charge in [0.2, 0.25) is 5.91 Å². The van der Waals surface area contributed by atoms with Crippen LogP contribution in [-0.2, 0) is 4.79 Å². The number of nitrogens with one attached hydrogen (secondary N) is 1. The van der Waals surface area contributed by atoms with Gasteiger partial charge >= 0.3 is 5.97 Å². The first-order chi connectivity index (χ1) is 8.69. The van der Waals surface area contributed by atoms with Crippen LogP contribution in [0.25, 0.3) is 0 Å². The Kier molecular flexibility index (Phi) is 5.26. The van der Waals surface area contributed by atoms with E-state index in [2.05, 4.69) is 5.32 Å². The molecule has 0 saturated heterocycles. The molecule has 19 heavy (non-hydrogen) atoms. The Morgan fingerprint density at radius 2 is 2.00 bits per heavy atom. The lowest BCUT2D eigenvalue weighted by molar-refractivity contribution is -0.113. The van der Waals surface area contributed by atoms with Crippen molar-refractivity contribution in [3.05, 3.63) is 28.8 Å². The van der Waals surface area contributed by atoms with E-state index in [4.69, 9.17) is 16.7 Å². The summed E-state index contributed by atoms with van der Waals surface area (Å²) in [5.74, 6) is -0.895. The molecular weight excluding hydrogens is 286 g/mol. The average Bonchev–Trinajstić information content (AvgIpc) is 2.28. The van der Waals surface area contributed by atoms with Crippen LogP contribution < -0.4 is 5.32 Å². The Balaban J connectivity index is 2.67. The van der Waals surface area contributed by atoms with E-state index in [0.717, 1.165) is 0 Å². The summed E-state index contributed by atoms with van der Waals surface area (Å²) < 4.78 is 0.00823. The molecule has 0 unspecified atom stereocenters. The van der Waals surface area contributed by atoms with Crippen LogP contribution >= 0.6 is 23.4 Å². The number of aromatic carboxylic acids is 1. The summed E-state index contributed by atoms with van der Waals surface area (Å²) in [6.07, 6.45) is 0. The van der Waals surface area contributed by atoms with Crippen molar-refractivity contribution in [2.45, 2.75) is 25.5 Å². The molecule has 1 aromatic rings. The first-order valence-corrected chi connectivity index (χ1v) is 7.02. The molecule has 0 aromatic heterocycles. The predicted octanol–water partition coefficient (Wildman–Crippen LogP) is 3.51. The van der Waals surface area contributed by atoms with Gasteiger partial charge in [0.15, 0.2) is 0 Å². The third-order valence-corrected chi connectivity index (χ3v) is 3.71. The Bertz CT molecular complexity index is 497. The van der Waals surface area contributed by atoms with Crippen LogP contribution in [0.2, 0.25) is 5.02 Å². The highest BCUT2D eigenvalue weighted by Gasteiger charge is 2.14. The maximum Gasteiger partial charge on any atom is 0.335 e. The number of hydrogen-bond acceptors (Lipinski definition) is 3. The van der Waals surface area contributed by atoms with Gasteiger partial charge in [0.05, 0.1) is 22.0 Å². The summed E-state index contributed by atoms with van der Waals surface area (Å²) in [5.41, 5.74) is 0.512. The van der Waals surface area contributed by atoms with Crippen molar-refractivity contribution in [3.8, 4) is 0 Å². The molecule has 6 heteroatoms. The van der Waals surface area contributed by atoms with Gasteiger partial charge in [-0.25, -0.2) is 4.79 Å². The molecule has 0 aliphatic carbocycles. The quantitative estimate of drug-likeness (QED) is 0.893. The van der Waals surface area contributed by atoms with Gasteiger partial charge in [0, 0.05) is 4.75 Å². The minimum atomic E-state index is -1.05. The standard InChI is InChI=1S/C13H16ClNO3S/c1-13(2,3)19-7-11(16)15-10-5-4-8(12(17)18)6-9(10)14/h4-6H,7H2,1-3H3,(H,15,16)(H,17,18). The second-order valence-electron chi connectivity index (χ2n) is 4.95. The van der Waals surface area contributed by atoms with E-state index in [1.54, 1.807) is 0 Å². The number of amides is 1. The molecule has 1 rings (SSSR count). The van der Waals surface area contributed by atoms with Gasteiger partial charge < -0.3 is 10.4 Å². The predicted molar refractivity (Wildman–Crippen MR) is 79.3 cm³/mol. The molecule has 4 nitrogen and oxygen atoms in total. The molecule has 0 saturated carbocycles. The molecule has 0 bridgehead atoms. The van der Waals surface area contributed by atoms with E-state index in [1.807, 2.05) is 20.8 Å². The molecular formula is C13H16ClNO3S. The fraction of sp³-hybridized carbons (Fsp3) is 0.385. The van der Waals surface area contributed by atoms with E-state index >= 15 is 0 Å². The van der Waals surface area contributed by atoms with Crippen LogP contribution in [0, 0.1) is 0 Å². The summed E-state index contributed by atoms with van der Waals surface area (Å²) >= 11 is 7.45. The van der Waals surface area contributed by atoms with Crippen LogP contribution in [0.5, 0.6) is 0 Å². The molecule has 1 aromatic carbocycles. The SMILES string of the molecule is CC(C)(C)SCC(=O)Nc1ccc(C(=O)O)cc1Cl. The Morgan fingerprint density at radius 3 is 2.47 bits per heavy atom. The van der Waals surface area contributed by atoms with Crippen LogP contribution in [0.15, 0.2) is 18.2 Å². The van der Waals surface area contributed by atoms with Crippen molar-refractivity contribution >= 4 is 40.9 Å². The first kappa shape index (κ1) is 15.9. The molecule has 0 radical (unpaired) electrons. The second-order valence-corrected chi connectivity index (χ2v) is 7.16. The summed E-state index contributed by atoms with van der Waals surface area (Å²) in [6, 6.07) is 4.21. The number of carbonyl (C=O) groups is 2. The highest BCUT2D eigenvalue weighted by molar-refractivity contribution is 8.01. The zero-order chi connectivity index (χ0) is 14.6. The molecule has 0 aliphatic rings. The Labute approximate surface area is 121 Å². The van der Waals surface area contributed by atoms with Crippen molar-refractivity contribution in [1.29, 1.82) is 0 Å². The lowest BCUT2D eigenvalue weighted by atomic mass is 10.2. The fourth-order valence-corrected chi connectivity index (χ4v) is 2.08. The van der Waals surface area contributed by atoms with Gasteiger partial charge in [-0.3, -0.25) is 4.79 Å². The molecule has 0 fully saturated rings. The van der Waals surface area contributed by atoms with Crippen LogP contribution in [0.4, 0.5) is 5.69 Å². The summed E-state index contributed by atoms with van der Waals surface area (Å²) in [5, 5.41) is 11.7. The zero-order valence-electron chi connectivity index (χ0n) is 11.0. The molecule has 0 atom stereocenters. The lowest BCUT2D eigenvalue weighted by Gasteiger charge is -2.17. The summed E-state index contributed by atoms with van der Waals surface area (Å²) in [6.45, 7) is 6.08. The number of carboxylic acids is 1. The molecule has 0 spiro atoms. The summed E-state index contributed by atoms with van der Waals surface area (Å²) in [4.78, 5) is 22.5. The third kappa shape index (κ3) is 5.53. The van der Waals surface area contributed by atoms with E-state index in [0.29, 0.717) is 11.4 Å². The van der Waals surface area contributed by atoms with Gasteiger partial charge in [0.25, 0.3) is 0 Å². The van der Waals surface area contributed by atoms with Crippen LogP contribution in [0.3, 0.4) is 0 Å². The number of rotatable bonds is 4. The third-order valence-electron chi connectivity index (χ3n) is 2.13. The van der Waals surface area contributed by atoms with Crippen molar-refractivity contribution in [2.75, 3.05) is 11.1 Å². The minimum Gasteiger partial charge on any atom is -0.478 e. The summed E-state index contributed by atoms with van der Waals surface area (Å²) in [7, 11) is 0. The van der Waals surface area contributed by atoms with Crippen molar-refractivity contribution in [1.82, 2.24) is 0 Å². The number of halogens is 1. The molecule has 2 N–H and O–H groups in total. The van der Waals surface area contributed by atoms with Crippen molar-refractivity contribution in [3.63, 3.8) is 0 Å². The van der Waals surface area contributed by atoms with E-state index in [-0.39, 0.29) is 21.2 Å². The molecule has 0 aliphatic heterocycles. The molecule has 1 amide bonds. The second kappa shape index (κ2) is 6.30. The first-order valence-electron chi connectivity index (χ1n) is 5.66. The van der Waals surface area contributed by atoms with Gasteiger partial charge in [0.1, 0.15) is 0 Å². The lowest BCUT2D eigenvalue weighted by Crippen LogP contribution is -2.19.